The first kappa shape index (κ1) is 8.47. The van der Waals surface area contributed by atoms with Gasteiger partial charge in [0.25, 0.3) is 5.91 Å². The van der Waals surface area contributed by atoms with Crippen molar-refractivity contribution in [3.8, 4) is 0 Å². The number of H-pyrrole nitrogens is 1. The van der Waals surface area contributed by atoms with Crippen molar-refractivity contribution in [2.24, 2.45) is 0 Å². The fraction of sp³-hybridized carbons (Fsp3) is 0.182. The summed E-state index contributed by atoms with van der Waals surface area (Å²) in [6, 6.07) is 4.77. The predicted octanol–water partition coefficient (Wildman–Crippen LogP) is 1.59. The average molecular weight is 204 g/mol. The third-order valence-corrected chi connectivity index (χ3v) is 2.75. The van der Waals surface area contributed by atoms with Crippen molar-refractivity contribution < 1.29 is 9.18 Å². The van der Waals surface area contributed by atoms with Crippen LogP contribution >= 0.6 is 0 Å². The minimum Gasteiger partial charge on any atom is -0.355 e. The minimum absolute atomic E-state index is 0.117. The second-order valence-electron chi connectivity index (χ2n) is 3.65. The Hall–Kier alpha value is -1.84. The second kappa shape index (κ2) is 2.82. The van der Waals surface area contributed by atoms with Crippen LogP contribution in [0.1, 0.15) is 16.1 Å². The Morgan fingerprint density at radius 3 is 3.07 bits per heavy atom. The predicted molar refractivity (Wildman–Crippen MR) is 54.3 cm³/mol. The highest BCUT2D eigenvalue weighted by Crippen LogP contribution is 2.26. The smallest absolute Gasteiger partial charge is 0.253 e. The maximum Gasteiger partial charge on any atom is 0.253 e. The Morgan fingerprint density at radius 2 is 2.20 bits per heavy atom. The van der Waals surface area contributed by atoms with Crippen molar-refractivity contribution >= 4 is 16.8 Å². The average Bonchev–Trinajstić information content (AvgIpc) is 2.59. The van der Waals surface area contributed by atoms with Crippen LogP contribution in [0.5, 0.6) is 0 Å². The Bertz CT molecular complexity index is 559. The van der Waals surface area contributed by atoms with E-state index in [4.69, 9.17) is 0 Å². The maximum atomic E-state index is 13.4. The summed E-state index contributed by atoms with van der Waals surface area (Å²) in [5.74, 6) is -0.428. The molecule has 2 aromatic rings. The van der Waals surface area contributed by atoms with Gasteiger partial charge in [-0.05, 0) is 6.07 Å². The van der Waals surface area contributed by atoms with Crippen molar-refractivity contribution in [3.05, 3.63) is 35.3 Å². The molecule has 0 atom stereocenters. The quantitative estimate of drug-likeness (QED) is 0.672. The molecule has 0 aliphatic carbocycles. The van der Waals surface area contributed by atoms with Crippen molar-refractivity contribution in [1.29, 1.82) is 0 Å². The van der Waals surface area contributed by atoms with Crippen LogP contribution in [-0.4, -0.2) is 17.4 Å². The molecule has 1 amide bonds. The summed E-state index contributed by atoms with van der Waals surface area (Å²) in [6.07, 6.45) is 0.731. The molecule has 15 heavy (non-hydrogen) atoms. The van der Waals surface area contributed by atoms with Crippen LogP contribution in [0.15, 0.2) is 18.2 Å². The Kier molecular flexibility index (Phi) is 1.59. The highest BCUT2D eigenvalue weighted by Gasteiger charge is 2.22. The van der Waals surface area contributed by atoms with E-state index in [1.54, 1.807) is 12.1 Å². The van der Waals surface area contributed by atoms with Crippen LogP contribution in [0.25, 0.3) is 10.9 Å². The molecule has 0 radical (unpaired) electrons. The number of hydrogen-bond donors (Lipinski definition) is 2. The van der Waals surface area contributed by atoms with Gasteiger partial charge < -0.3 is 10.3 Å². The summed E-state index contributed by atoms with van der Waals surface area (Å²) in [5, 5.41) is 3.42. The first-order chi connectivity index (χ1) is 7.27. The monoisotopic (exact) mass is 204 g/mol. The second-order valence-corrected chi connectivity index (χ2v) is 3.65. The van der Waals surface area contributed by atoms with Crippen molar-refractivity contribution in [2.45, 2.75) is 6.42 Å². The first-order valence-electron chi connectivity index (χ1n) is 4.84. The number of carbonyl (C=O) groups is 1. The van der Waals surface area contributed by atoms with E-state index >= 15 is 0 Å². The zero-order valence-electron chi connectivity index (χ0n) is 7.93. The third kappa shape index (κ3) is 1.08. The van der Waals surface area contributed by atoms with Crippen LogP contribution in [0.4, 0.5) is 4.39 Å². The number of para-hydroxylation sites is 1. The fourth-order valence-electron chi connectivity index (χ4n) is 2.07. The van der Waals surface area contributed by atoms with Crippen molar-refractivity contribution in [2.75, 3.05) is 6.54 Å². The number of aromatic nitrogens is 1. The molecule has 2 heterocycles. The number of benzene rings is 1. The van der Waals surface area contributed by atoms with Gasteiger partial charge in [-0.15, -0.1) is 0 Å². The first-order valence-corrected chi connectivity index (χ1v) is 4.84. The Balaban J connectivity index is 2.41. The van der Waals surface area contributed by atoms with Crippen molar-refractivity contribution in [1.82, 2.24) is 10.3 Å². The summed E-state index contributed by atoms with van der Waals surface area (Å²) < 4.78 is 13.4. The molecule has 3 nitrogen and oxygen atoms in total. The molecule has 0 unspecified atom stereocenters. The number of nitrogens with one attached hydrogen (secondary N) is 2. The van der Waals surface area contributed by atoms with Gasteiger partial charge in [-0.2, -0.15) is 0 Å². The lowest BCUT2D eigenvalue weighted by Crippen LogP contribution is -2.31. The fourth-order valence-corrected chi connectivity index (χ4v) is 2.07. The molecule has 0 bridgehead atoms. The van der Waals surface area contributed by atoms with Crippen LogP contribution in [-0.2, 0) is 6.42 Å². The molecule has 0 saturated heterocycles. The molecule has 1 aromatic carbocycles. The molecule has 1 aliphatic heterocycles. The topological polar surface area (TPSA) is 44.9 Å². The molecular formula is C11H9FN2O. The van der Waals surface area contributed by atoms with Crippen LogP contribution in [0.3, 0.4) is 0 Å². The number of halogens is 1. The molecular weight excluding hydrogens is 195 g/mol. The molecule has 1 aliphatic rings. The van der Waals surface area contributed by atoms with Gasteiger partial charge in [0.1, 0.15) is 5.82 Å². The lowest BCUT2D eigenvalue weighted by atomic mass is 10.1. The number of aromatic amines is 1. The molecule has 2 N–H and O–H groups in total. The molecule has 0 saturated carbocycles. The summed E-state index contributed by atoms with van der Waals surface area (Å²) in [6.45, 7) is 0.611. The number of carbonyl (C=O) groups excluding carboxylic acids is 1. The van der Waals surface area contributed by atoms with E-state index < -0.39 is 0 Å². The van der Waals surface area contributed by atoms with E-state index in [9.17, 15) is 9.18 Å². The largest absolute Gasteiger partial charge is 0.355 e. The zero-order chi connectivity index (χ0) is 10.4. The van der Waals surface area contributed by atoms with Crippen LogP contribution in [0.2, 0.25) is 0 Å². The van der Waals surface area contributed by atoms with E-state index in [0.717, 1.165) is 12.1 Å². The highest BCUT2D eigenvalue weighted by molar-refractivity contribution is 6.08. The standard InChI is InChI=1S/C11H9FN2O/c12-7-3-1-2-6-9-8(14-10(6)7)4-5-13-11(9)15/h1-3,14H,4-5H2,(H,13,15). The molecule has 0 fully saturated rings. The summed E-state index contributed by atoms with van der Waals surface area (Å²) in [7, 11) is 0. The zero-order valence-corrected chi connectivity index (χ0v) is 7.93. The van der Waals surface area contributed by atoms with E-state index in [-0.39, 0.29) is 11.7 Å². The number of hydrogen-bond acceptors (Lipinski definition) is 1. The summed E-state index contributed by atoms with van der Waals surface area (Å²) >= 11 is 0. The van der Waals surface area contributed by atoms with Crippen molar-refractivity contribution in [3.63, 3.8) is 0 Å². The van der Waals surface area contributed by atoms with Gasteiger partial charge in [0, 0.05) is 24.0 Å². The third-order valence-electron chi connectivity index (χ3n) is 2.75. The minimum atomic E-state index is -0.310. The lowest BCUT2D eigenvalue weighted by Gasteiger charge is -2.11. The van der Waals surface area contributed by atoms with E-state index in [1.807, 2.05) is 0 Å². The molecule has 3 rings (SSSR count). The van der Waals surface area contributed by atoms with Crippen LogP contribution < -0.4 is 5.32 Å². The highest BCUT2D eigenvalue weighted by atomic mass is 19.1. The van der Waals surface area contributed by atoms with Crippen LogP contribution in [0, 0.1) is 5.82 Å². The molecule has 1 aromatic heterocycles. The lowest BCUT2D eigenvalue weighted by molar-refractivity contribution is 0.0947. The van der Waals surface area contributed by atoms with Gasteiger partial charge in [0.15, 0.2) is 0 Å². The van der Waals surface area contributed by atoms with E-state index in [0.29, 0.717) is 23.0 Å². The summed E-state index contributed by atoms with van der Waals surface area (Å²) in [5.41, 5.74) is 1.86. The normalized spacial score (nSPS) is 15.1. The SMILES string of the molecule is O=C1NCCc2[nH]c3c(F)cccc3c21. The maximum absolute atomic E-state index is 13.4. The van der Waals surface area contributed by atoms with Gasteiger partial charge in [0.05, 0.1) is 11.1 Å². The number of amides is 1. The van der Waals surface area contributed by atoms with E-state index in [2.05, 4.69) is 10.3 Å². The van der Waals surface area contributed by atoms with Gasteiger partial charge in [0.2, 0.25) is 0 Å². The molecule has 76 valence electrons. The molecule has 4 heteroatoms. The Labute approximate surface area is 85.3 Å². The summed E-state index contributed by atoms with van der Waals surface area (Å²) in [4.78, 5) is 14.6. The van der Waals surface area contributed by atoms with Gasteiger partial charge in [-0.25, -0.2) is 4.39 Å². The Morgan fingerprint density at radius 1 is 1.33 bits per heavy atom. The number of rotatable bonds is 0. The molecule has 0 spiro atoms. The number of fused-ring (bicyclic) bond motifs is 3. The van der Waals surface area contributed by atoms with Gasteiger partial charge >= 0.3 is 0 Å². The van der Waals surface area contributed by atoms with Gasteiger partial charge in [-0.3, -0.25) is 4.79 Å². The van der Waals surface area contributed by atoms with Gasteiger partial charge in [-0.1, -0.05) is 12.1 Å². The van der Waals surface area contributed by atoms with E-state index in [1.165, 1.54) is 6.07 Å².